The molecule has 132 valence electrons. The van der Waals surface area contributed by atoms with Gasteiger partial charge in [0.2, 0.25) is 5.91 Å². The molecule has 0 fully saturated rings. The molecule has 0 aliphatic carbocycles. The second-order valence-electron chi connectivity index (χ2n) is 5.22. The standard InChI is InChI=1S/C15H21ClN4O2S2/c1-3-5-8-20-14(22)17-18-15(20)23-10-13(21)19(4-2)9-11-6-7-12(16)24-11/h6-7H,3-5,8-10H2,1-2H3,(H,17,22). The van der Waals surface area contributed by atoms with Gasteiger partial charge in [-0.3, -0.25) is 9.36 Å². The van der Waals surface area contributed by atoms with E-state index in [0.29, 0.717) is 24.8 Å². The third-order valence-corrected chi connectivity index (χ3v) is 5.67. The first kappa shape index (κ1) is 19.1. The number of hydrogen-bond acceptors (Lipinski definition) is 5. The lowest BCUT2D eigenvalue weighted by Gasteiger charge is -2.19. The average molecular weight is 389 g/mol. The van der Waals surface area contributed by atoms with Gasteiger partial charge in [-0.2, -0.15) is 0 Å². The number of rotatable bonds is 9. The third-order valence-electron chi connectivity index (χ3n) is 3.49. The van der Waals surface area contributed by atoms with E-state index in [-0.39, 0.29) is 17.3 Å². The monoisotopic (exact) mass is 388 g/mol. The summed E-state index contributed by atoms with van der Waals surface area (Å²) in [5, 5.41) is 7.04. The third kappa shape index (κ3) is 5.12. The number of thioether (sulfide) groups is 1. The molecule has 0 saturated carbocycles. The molecule has 2 heterocycles. The molecule has 0 aliphatic heterocycles. The van der Waals surface area contributed by atoms with Crippen LogP contribution in [0.4, 0.5) is 0 Å². The molecule has 1 amide bonds. The van der Waals surface area contributed by atoms with E-state index in [2.05, 4.69) is 17.1 Å². The van der Waals surface area contributed by atoms with E-state index in [4.69, 9.17) is 11.6 Å². The molecule has 0 radical (unpaired) electrons. The Morgan fingerprint density at radius 2 is 2.25 bits per heavy atom. The molecule has 6 nitrogen and oxygen atoms in total. The number of hydrogen-bond donors (Lipinski definition) is 1. The summed E-state index contributed by atoms with van der Waals surface area (Å²) >= 11 is 8.71. The van der Waals surface area contributed by atoms with Crippen LogP contribution in [0, 0.1) is 0 Å². The van der Waals surface area contributed by atoms with Crippen molar-refractivity contribution < 1.29 is 4.79 Å². The predicted molar refractivity (Wildman–Crippen MR) is 98.9 cm³/mol. The van der Waals surface area contributed by atoms with E-state index in [1.807, 2.05) is 19.1 Å². The summed E-state index contributed by atoms with van der Waals surface area (Å²) in [6.45, 7) is 5.81. The highest BCUT2D eigenvalue weighted by Crippen LogP contribution is 2.23. The summed E-state index contributed by atoms with van der Waals surface area (Å²) < 4.78 is 2.32. The van der Waals surface area contributed by atoms with Gasteiger partial charge in [0.1, 0.15) is 0 Å². The van der Waals surface area contributed by atoms with Gasteiger partial charge >= 0.3 is 5.69 Å². The number of carbonyl (C=O) groups is 1. The number of thiophene rings is 1. The smallest absolute Gasteiger partial charge is 0.337 e. The zero-order valence-corrected chi connectivity index (χ0v) is 16.1. The topological polar surface area (TPSA) is 71.0 Å². The van der Waals surface area contributed by atoms with Crippen LogP contribution in [0.15, 0.2) is 22.1 Å². The number of aromatic nitrogens is 3. The number of H-pyrrole nitrogens is 1. The highest BCUT2D eigenvalue weighted by atomic mass is 35.5. The summed E-state index contributed by atoms with van der Waals surface area (Å²) in [5.74, 6) is 0.271. The fourth-order valence-electron chi connectivity index (χ4n) is 2.15. The van der Waals surface area contributed by atoms with Gasteiger partial charge in [0.05, 0.1) is 16.6 Å². The van der Waals surface area contributed by atoms with Crippen LogP contribution >= 0.6 is 34.7 Å². The van der Waals surface area contributed by atoms with E-state index in [1.54, 1.807) is 9.47 Å². The molecule has 0 aliphatic rings. The van der Waals surface area contributed by atoms with Gasteiger partial charge in [-0.15, -0.1) is 16.4 Å². The number of aromatic amines is 1. The van der Waals surface area contributed by atoms with E-state index < -0.39 is 0 Å². The molecular formula is C15H21ClN4O2S2. The number of amides is 1. The second-order valence-corrected chi connectivity index (χ2v) is 7.96. The molecule has 24 heavy (non-hydrogen) atoms. The lowest BCUT2D eigenvalue weighted by Crippen LogP contribution is -2.31. The van der Waals surface area contributed by atoms with Crippen molar-refractivity contribution >= 4 is 40.6 Å². The Kier molecular flexibility index (Phi) is 7.39. The molecule has 2 aromatic heterocycles. The first-order chi connectivity index (χ1) is 11.5. The van der Waals surface area contributed by atoms with Crippen molar-refractivity contribution in [2.24, 2.45) is 0 Å². The largest absolute Gasteiger partial charge is 0.343 e. The lowest BCUT2D eigenvalue weighted by molar-refractivity contribution is -0.128. The minimum absolute atomic E-state index is 0.0181. The SMILES string of the molecule is CCCCn1c(SCC(=O)N(CC)Cc2ccc(Cl)s2)n[nH]c1=O. The van der Waals surface area contributed by atoms with E-state index in [1.165, 1.54) is 23.1 Å². The molecule has 2 aromatic rings. The van der Waals surface area contributed by atoms with Gasteiger partial charge in [-0.1, -0.05) is 36.7 Å². The normalized spacial score (nSPS) is 11.0. The Morgan fingerprint density at radius 1 is 1.46 bits per heavy atom. The molecule has 0 spiro atoms. The van der Waals surface area contributed by atoms with Gasteiger partial charge in [0, 0.05) is 18.0 Å². The minimum atomic E-state index is -0.223. The zero-order valence-electron chi connectivity index (χ0n) is 13.7. The average Bonchev–Trinajstić information content (AvgIpc) is 3.14. The number of nitrogens with zero attached hydrogens (tertiary/aromatic N) is 3. The van der Waals surface area contributed by atoms with E-state index in [9.17, 15) is 9.59 Å². The first-order valence-electron chi connectivity index (χ1n) is 7.85. The summed E-state index contributed by atoms with van der Waals surface area (Å²) in [5.41, 5.74) is -0.223. The van der Waals surface area contributed by atoms with Crippen molar-refractivity contribution in [3.63, 3.8) is 0 Å². The Morgan fingerprint density at radius 3 is 2.88 bits per heavy atom. The molecule has 1 N–H and O–H groups in total. The first-order valence-corrected chi connectivity index (χ1v) is 10.0. The maximum Gasteiger partial charge on any atom is 0.343 e. The van der Waals surface area contributed by atoms with Crippen LogP contribution in [0.5, 0.6) is 0 Å². The van der Waals surface area contributed by atoms with Crippen LogP contribution in [-0.2, 0) is 17.9 Å². The lowest BCUT2D eigenvalue weighted by atomic mass is 10.3. The quantitative estimate of drug-likeness (QED) is 0.669. The van der Waals surface area contributed by atoms with Crippen molar-refractivity contribution in [2.45, 2.75) is 44.9 Å². The Hall–Kier alpha value is -1.25. The van der Waals surface area contributed by atoms with Crippen LogP contribution in [-0.4, -0.2) is 37.9 Å². The van der Waals surface area contributed by atoms with Crippen molar-refractivity contribution in [3.8, 4) is 0 Å². The molecule has 0 atom stereocenters. The maximum absolute atomic E-state index is 12.4. The summed E-state index contributed by atoms with van der Waals surface area (Å²) in [6, 6.07) is 3.77. The van der Waals surface area contributed by atoms with Gasteiger partial charge < -0.3 is 4.90 Å². The number of unbranched alkanes of at least 4 members (excludes halogenated alkanes) is 1. The van der Waals surface area contributed by atoms with Crippen LogP contribution in [0.25, 0.3) is 0 Å². The van der Waals surface area contributed by atoms with Crippen LogP contribution in [0.1, 0.15) is 31.6 Å². The summed E-state index contributed by atoms with van der Waals surface area (Å²) in [4.78, 5) is 27.0. The molecular weight excluding hydrogens is 368 g/mol. The van der Waals surface area contributed by atoms with Crippen LogP contribution in [0.2, 0.25) is 4.34 Å². The second kappa shape index (κ2) is 9.29. The predicted octanol–water partition coefficient (Wildman–Crippen LogP) is 3.23. The molecule has 0 bridgehead atoms. The van der Waals surface area contributed by atoms with Crippen molar-refractivity contribution in [1.29, 1.82) is 0 Å². The number of nitrogens with one attached hydrogen (secondary N) is 1. The highest BCUT2D eigenvalue weighted by molar-refractivity contribution is 7.99. The van der Waals surface area contributed by atoms with Crippen LogP contribution < -0.4 is 5.69 Å². The zero-order chi connectivity index (χ0) is 17.5. The van der Waals surface area contributed by atoms with E-state index in [0.717, 1.165) is 22.1 Å². The Labute approximate surface area is 154 Å². The summed E-state index contributed by atoms with van der Waals surface area (Å²) in [6.07, 6.45) is 1.90. The van der Waals surface area contributed by atoms with Gasteiger partial charge in [0.15, 0.2) is 5.16 Å². The fraction of sp³-hybridized carbons (Fsp3) is 0.533. The fourth-order valence-corrected chi connectivity index (χ4v) is 4.12. The molecule has 0 aromatic carbocycles. The molecule has 2 rings (SSSR count). The van der Waals surface area contributed by atoms with Gasteiger partial charge in [0.25, 0.3) is 0 Å². The number of halogens is 1. The minimum Gasteiger partial charge on any atom is -0.337 e. The maximum atomic E-state index is 12.4. The highest BCUT2D eigenvalue weighted by Gasteiger charge is 2.16. The molecule has 0 unspecified atom stereocenters. The summed E-state index contributed by atoms with van der Waals surface area (Å²) in [7, 11) is 0. The van der Waals surface area contributed by atoms with Gasteiger partial charge in [-0.25, -0.2) is 9.89 Å². The Balaban J connectivity index is 1.95. The van der Waals surface area contributed by atoms with Crippen molar-refractivity contribution in [3.05, 3.63) is 31.8 Å². The van der Waals surface area contributed by atoms with Crippen molar-refractivity contribution in [1.82, 2.24) is 19.7 Å². The van der Waals surface area contributed by atoms with Gasteiger partial charge in [-0.05, 0) is 25.5 Å². The number of carbonyl (C=O) groups excluding carboxylic acids is 1. The van der Waals surface area contributed by atoms with Crippen molar-refractivity contribution in [2.75, 3.05) is 12.3 Å². The van der Waals surface area contributed by atoms with E-state index >= 15 is 0 Å². The molecule has 9 heteroatoms. The molecule has 0 saturated heterocycles. The van der Waals surface area contributed by atoms with Crippen LogP contribution in [0.3, 0.4) is 0 Å². The Bertz CT molecular complexity index is 725.